The van der Waals surface area contributed by atoms with Gasteiger partial charge in [0, 0.05) is 12.4 Å². The van der Waals surface area contributed by atoms with Gasteiger partial charge in [-0.15, -0.1) is 0 Å². The Morgan fingerprint density at radius 2 is 2.09 bits per heavy atom. The van der Waals surface area contributed by atoms with E-state index in [9.17, 15) is 9.90 Å². The molecule has 0 radical (unpaired) electrons. The maximum absolute atomic E-state index is 12.1. The van der Waals surface area contributed by atoms with Gasteiger partial charge in [-0.05, 0) is 30.5 Å². The van der Waals surface area contributed by atoms with E-state index in [4.69, 9.17) is 0 Å². The smallest absolute Gasteiger partial charge is 0.319 e. The third-order valence-corrected chi connectivity index (χ3v) is 3.22. The van der Waals surface area contributed by atoms with Crippen molar-refractivity contribution in [3.05, 3.63) is 42.7 Å². The second-order valence-corrected chi connectivity index (χ2v) is 5.58. The van der Waals surface area contributed by atoms with Crippen LogP contribution in [0.3, 0.4) is 0 Å². The highest BCUT2D eigenvalue weighted by molar-refractivity contribution is 5.91. The van der Waals surface area contributed by atoms with Gasteiger partial charge in [-0.2, -0.15) is 5.10 Å². The first kappa shape index (κ1) is 16.0. The molecule has 118 valence electrons. The van der Waals surface area contributed by atoms with Crippen molar-refractivity contribution in [1.82, 2.24) is 15.1 Å². The van der Waals surface area contributed by atoms with Gasteiger partial charge in [-0.1, -0.05) is 26.0 Å². The first-order valence-corrected chi connectivity index (χ1v) is 7.37. The molecule has 0 saturated heterocycles. The van der Waals surface area contributed by atoms with Crippen molar-refractivity contribution in [1.29, 1.82) is 0 Å². The van der Waals surface area contributed by atoms with Crippen LogP contribution < -0.4 is 10.6 Å². The van der Waals surface area contributed by atoms with E-state index in [1.165, 1.54) is 0 Å². The molecule has 3 N–H and O–H groups in total. The van der Waals surface area contributed by atoms with Gasteiger partial charge in [0.05, 0.1) is 24.0 Å². The van der Waals surface area contributed by atoms with Gasteiger partial charge in [-0.25, -0.2) is 9.48 Å². The molecule has 2 aromatic rings. The molecule has 22 heavy (non-hydrogen) atoms. The minimum atomic E-state index is -0.334. The highest BCUT2D eigenvalue weighted by atomic mass is 16.3. The second-order valence-electron chi connectivity index (χ2n) is 5.58. The number of anilines is 1. The van der Waals surface area contributed by atoms with E-state index < -0.39 is 0 Å². The number of hydrogen-bond donors (Lipinski definition) is 3. The third kappa shape index (κ3) is 4.33. The van der Waals surface area contributed by atoms with Gasteiger partial charge in [-0.3, -0.25) is 0 Å². The minimum Gasteiger partial charge on any atom is -0.394 e. The normalized spacial score (nSPS) is 12.2. The molecule has 2 amide bonds. The van der Waals surface area contributed by atoms with Crippen molar-refractivity contribution in [2.75, 3.05) is 11.9 Å². The predicted octanol–water partition coefficient (Wildman–Crippen LogP) is 2.40. The number of aromatic nitrogens is 2. The zero-order chi connectivity index (χ0) is 15.9. The summed E-state index contributed by atoms with van der Waals surface area (Å²) in [7, 11) is 0. The zero-order valence-corrected chi connectivity index (χ0v) is 12.9. The number of benzene rings is 1. The van der Waals surface area contributed by atoms with Crippen LogP contribution in [-0.2, 0) is 0 Å². The molecule has 0 spiro atoms. The van der Waals surface area contributed by atoms with Crippen molar-refractivity contribution in [3.63, 3.8) is 0 Å². The van der Waals surface area contributed by atoms with E-state index in [1.807, 2.05) is 36.5 Å². The fourth-order valence-corrected chi connectivity index (χ4v) is 2.28. The van der Waals surface area contributed by atoms with Gasteiger partial charge < -0.3 is 15.7 Å². The van der Waals surface area contributed by atoms with Gasteiger partial charge in [0.25, 0.3) is 0 Å². The molecule has 1 aromatic heterocycles. The number of aliphatic hydroxyl groups excluding tert-OH is 1. The summed E-state index contributed by atoms with van der Waals surface area (Å²) in [5.41, 5.74) is 1.44. The molecule has 0 aliphatic carbocycles. The summed E-state index contributed by atoms with van der Waals surface area (Å²) >= 11 is 0. The molecular weight excluding hydrogens is 280 g/mol. The van der Waals surface area contributed by atoms with Crippen LogP contribution in [0.1, 0.15) is 20.3 Å². The number of carbonyl (C=O) groups excluding carboxylic acids is 1. The topological polar surface area (TPSA) is 79.2 Å². The summed E-state index contributed by atoms with van der Waals surface area (Å²) in [5, 5.41) is 19.1. The van der Waals surface area contributed by atoms with Crippen LogP contribution in [0.2, 0.25) is 0 Å². The van der Waals surface area contributed by atoms with Crippen molar-refractivity contribution in [2.24, 2.45) is 5.92 Å². The number of urea groups is 1. The lowest BCUT2D eigenvalue weighted by atomic mass is 10.0. The summed E-state index contributed by atoms with van der Waals surface area (Å²) in [6.45, 7) is 4.02. The summed E-state index contributed by atoms with van der Waals surface area (Å²) in [6.07, 6.45) is 4.22. The molecule has 0 saturated carbocycles. The lowest BCUT2D eigenvalue weighted by molar-refractivity contribution is 0.214. The van der Waals surface area contributed by atoms with Crippen LogP contribution in [0.5, 0.6) is 0 Å². The first-order chi connectivity index (χ1) is 10.6. The number of amides is 2. The monoisotopic (exact) mass is 302 g/mol. The third-order valence-electron chi connectivity index (χ3n) is 3.22. The Morgan fingerprint density at radius 1 is 1.32 bits per heavy atom. The van der Waals surface area contributed by atoms with Crippen LogP contribution >= 0.6 is 0 Å². The highest BCUT2D eigenvalue weighted by Crippen LogP contribution is 2.18. The summed E-state index contributed by atoms with van der Waals surface area (Å²) in [6, 6.07) is 8.65. The van der Waals surface area contributed by atoms with Gasteiger partial charge in [0.15, 0.2) is 0 Å². The Hall–Kier alpha value is -2.34. The van der Waals surface area contributed by atoms with Crippen molar-refractivity contribution in [2.45, 2.75) is 26.3 Å². The van der Waals surface area contributed by atoms with E-state index in [2.05, 4.69) is 29.6 Å². The molecule has 1 unspecified atom stereocenters. The summed E-state index contributed by atoms with van der Waals surface area (Å²) in [4.78, 5) is 12.1. The van der Waals surface area contributed by atoms with Crippen LogP contribution in [0.25, 0.3) is 5.69 Å². The zero-order valence-electron chi connectivity index (χ0n) is 12.9. The number of nitrogens with zero attached hydrogens (tertiary/aromatic N) is 2. The number of hydrogen-bond acceptors (Lipinski definition) is 3. The second kappa shape index (κ2) is 7.61. The van der Waals surface area contributed by atoms with E-state index in [0.717, 1.165) is 12.1 Å². The van der Waals surface area contributed by atoms with E-state index in [0.29, 0.717) is 11.6 Å². The Bertz CT molecular complexity index is 596. The summed E-state index contributed by atoms with van der Waals surface area (Å²) < 4.78 is 1.69. The molecule has 1 aromatic carbocycles. The molecule has 6 heteroatoms. The number of para-hydroxylation sites is 2. The molecule has 0 aliphatic rings. The highest BCUT2D eigenvalue weighted by Gasteiger charge is 2.14. The summed E-state index contributed by atoms with van der Waals surface area (Å²) in [5.74, 6) is 0.397. The van der Waals surface area contributed by atoms with Crippen LogP contribution in [0.15, 0.2) is 42.7 Å². The predicted molar refractivity (Wildman–Crippen MR) is 86.0 cm³/mol. The molecule has 0 aliphatic heterocycles. The standard InChI is InChI=1S/C16H22N4O2/c1-12(2)10-13(11-21)18-16(22)19-14-6-3-4-7-15(14)20-9-5-8-17-20/h3-9,12-13,21H,10-11H2,1-2H3,(H2,18,19,22). The Balaban J connectivity index is 2.06. The molecular formula is C16H22N4O2. The first-order valence-electron chi connectivity index (χ1n) is 7.37. The average Bonchev–Trinajstić information content (AvgIpc) is 3.00. The van der Waals surface area contributed by atoms with Gasteiger partial charge >= 0.3 is 6.03 Å². The number of carbonyl (C=O) groups is 1. The van der Waals surface area contributed by atoms with Crippen LogP contribution in [0, 0.1) is 5.92 Å². The maximum atomic E-state index is 12.1. The van der Waals surface area contributed by atoms with E-state index in [1.54, 1.807) is 10.9 Å². The minimum absolute atomic E-state index is 0.0770. The fraction of sp³-hybridized carbons (Fsp3) is 0.375. The quantitative estimate of drug-likeness (QED) is 0.766. The Labute approximate surface area is 130 Å². The van der Waals surface area contributed by atoms with Crippen molar-refractivity contribution >= 4 is 11.7 Å². The molecule has 2 rings (SSSR count). The van der Waals surface area contributed by atoms with E-state index in [-0.39, 0.29) is 18.7 Å². The molecule has 1 heterocycles. The molecule has 1 atom stereocenters. The lowest BCUT2D eigenvalue weighted by Gasteiger charge is -2.19. The average molecular weight is 302 g/mol. The number of nitrogens with one attached hydrogen (secondary N) is 2. The Kier molecular flexibility index (Phi) is 5.55. The Morgan fingerprint density at radius 3 is 2.73 bits per heavy atom. The van der Waals surface area contributed by atoms with Crippen molar-refractivity contribution < 1.29 is 9.90 Å². The number of aliphatic hydroxyl groups is 1. The largest absolute Gasteiger partial charge is 0.394 e. The number of rotatable bonds is 6. The van der Waals surface area contributed by atoms with Gasteiger partial charge in [0.1, 0.15) is 0 Å². The SMILES string of the molecule is CC(C)CC(CO)NC(=O)Nc1ccccc1-n1cccn1. The van der Waals surface area contributed by atoms with E-state index >= 15 is 0 Å². The van der Waals surface area contributed by atoms with Crippen LogP contribution in [-0.4, -0.2) is 33.6 Å². The van der Waals surface area contributed by atoms with Crippen molar-refractivity contribution in [3.8, 4) is 5.69 Å². The molecule has 6 nitrogen and oxygen atoms in total. The van der Waals surface area contributed by atoms with Crippen LogP contribution in [0.4, 0.5) is 10.5 Å². The lowest BCUT2D eigenvalue weighted by Crippen LogP contribution is -2.41. The molecule has 0 bridgehead atoms. The van der Waals surface area contributed by atoms with Gasteiger partial charge in [0.2, 0.25) is 0 Å². The molecule has 0 fully saturated rings. The maximum Gasteiger partial charge on any atom is 0.319 e. The fourth-order valence-electron chi connectivity index (χ4n) is 2.28.